The summed E-state index contributed by atoms with van der Waals surface area (Å²) >= 11 is 0. The van der Waals surface area contributed by atoms with Crippen LogP contribution in [-0.4, -0.2) is 30.1 Å². The number of rotatable bonds is 14. The number of carbonyl (C=O) groups is 2. The Morgan fingerprint density at radius 3 is 1.90 bits per heavy atom. The summed E-state index contributed by atoms with van der Waals surface area (Å²) in [6.07, 6.45) is 9.68. The van der Waals surface area contributed by atoms with Crippen LogP contribution in [0.25, 0.3) is 0 Å². The van der Waals surface area contributed by atoms with Crippen molar-refractivity contribution in [1.29, 1.82) is 0 Å². The molecule has 1 heterocycles. The van der Waals surface area contributed by atoms with Crippen LogP contribution in [0.15, 0.2) is 48.5 Å². The lowest BCUT2D eigenvalue weighted by molar-refractivity contribution is 0.0483. The lowest BCUT2D eigenvalue weighted by atomic mass is 10.1. The standard InChI is InChI=1S/C25H33NO4/c1-2-3-4-5-6-7-11-19-29-24(27)22-17-12-18-23(26-22)25(28)30-20-13-16-21-14-9-8-10-15-21/h8-10,12,14-15,17-18H,2-7,11,13,16,19-20H2,1H3. The summed E-state index contributed by atoms with van der Waals surface area (Å²) < 4.78 is 10.6. The van der Waals surface area contributed by atoms with Gasteiger partial charge in [-0.2, -0.15) is 0 Å². The van der Waals surface area contributed by atoms with E-state index in [9.17, 15) is 9.59 Å². The summed E-state index contributed by atoms with van der Waals surface area (Å²) in [5, 5.41) is 0. The van der Waals surface area contributed by atoms with Gasteiger partial charge < -0.3 is 9.47 Å². The third-order valence-corrected chi connectivity index (χ3v) is 4.83. The number of hydrogen-bond acceptors (Lipinski definition) is 5. The van der Waals surface area contributed by atoms with Gasteiger partial charge in [-0.3, -0.25) is 0 Å². The molecule has 162 valence electrons. The highest BCUT2D eigenvalue weighted by Crippen LogP contribution is 2.09. The molecular weight excluding hydrogens is 378 g/mol. The zero-order chi connectivity index (χ0) is 21.4. The summed E-state index contributed by atoms with van der Waals surface area (Å²) in [5.41, 5.74) is 1.47. The van der Waals surface area contributed by atoms with Crippen LogP contribution in [0.4, 0.5) is 0 Å². The number of ether oxygens (including phenoxy) is 2. The largest absolute Gasteiger partial charge is 0.461 e. The lowest BCUT2D eigenvalue weighted by Gasteiger charge is -2.07. The van der Waals surface area contributed by atoms with Crippen molar-refractivity contribution in [3.8, 4) is 0 Å². The van der Waals surface area contributed by atoms with Crippen molar-refractivity contribution < 1.29 is 19.1 Å². The highest BCUT2D eigenvalue weighted by Gasteiger charge is 2.14. The molecule has 0 atom stereocenters. The topological polar surface area (TPSA) is 65.5 Å². The second kappa shape index (κ2) is 14.3. The molecule has 0 aliphatic rings. The van der Waals surface area contributed by atoms with Gasteiger partial charge in [-0.1, -0.05) is 81.8 Å². The van der Waals surface area contributed by atoms with Crippen molar-refractivity contribution in [2.75, 3.05) is 13.2 Å². The van der Waals surface area contributed by atoms with Crippen molar-refractivity contribution in [3.05, 3.63) is 65.5 Å². The van der Waals surface area contributed by atoms with Crippen LogP contribution in [0.5, 0.6) is 0 Å². The van der Waals surface area contributed by atoms with Crippen LogP contribution < -0.4 is 0 Å². The van der Waals surface area contributed by atoms with E-state index in [1.54, 1.807) is 18.2 Å². The average molecular weight is 412 g/mol. The van der Waals surface area contributed by atoms with Crippen LogP contribution in [0.1, 0.15) is 84.8 Å². The minimum atomic E-state index is -0.523. The number of hydrogen-bond donors (Lipinski definition) is 0. The average Bonchev–Trinajstić information content (AvgIpc) is 2.79. The van der Waals surface area contributed by atoms with Gasteiger partial charge in [0.05, 0.1) is 13.2 Å². The Morgan fingerprint density at radius 2 is 1.27 bits per heavy atom. The van der Waals surface area contributed by atoms with Gasteiger partial charge in [0, 0.05) is 0 Å². The Bertz CT molecular complexity index is 761. The van der Waals surface area contributed by atoms with E-state index in [-0.39, 0.29) is 11.4 Å². The SMILES string of the molecule is CCCCCCCCCOC(=O)c1cccc(C(=O)OCCCc2ccccc2)n1. The van der Waals surface area contributed by atoms with E-state index in [2.05, 4.69) is 11.9 Å². The van der Waals surface area contributed by atoms with Crippen LogP contribution >= 0.6 is 0 Å². The molecule has 30 heavy (non-hydrogen) atoms. The number of pyridine rings is 1. The number of aromatic nitrogens is 1. The third-order valence-electron chi connectivity index (χ3n) is 4.83. The molecule has 0 radical (unpaired) electrons. The summed E-state index contributed by atoms with van der Waals surface area (Å²) in [5.74, 6) is -1.02. The van der Waals surface area contributed by atoms with Gasteiger partial charge in [0.1, 0.15) is 11.4 Å². The number of benzene rings is 1. The first-order valence-corrected chi connectivity index (χ1v) is 11.1. The normalized spacial score (nSPS) is 10.6. The van der Waals surface area contributed by atoms with Crippen LogP contribution in [0, 0.1) is 0 Å². The lowest BCUT2D eigenvalue weighted by Crippen LogP contribution is -2.13. The molecule has 0 aliphatic carbocycles. The molecule has 5 nitrogen and oxygen atoms in total. The van der Waals surface area contributed by atoms with Gasteiger partial charge in [0.25, 0.3) is 0 Å². The van der Waals surface area contributed by atoms with E-state index in [1.165, 1.54) is 37.7 Å². The molecule has 5 heteroatoms. The van der Waals surface area contributed by atoms with Crippen molar-refractivity contribution in [2.24, 2.45) is 0 Å². The maximum absolute atomic E-state index is 12.2. The van der Waals surface area contributed by atoms with Gasteiger partial charge in [0.15, 0.2) is 0 Å². The Balaban J connectivity index is 1.67. The summed E-state index contributed by atoms with van der Waals surface area (Å²) in [6, 6.07) is 14.8. The Morgan fingerprint density at radius 1 is 0.700 bits per heavy atom. The Hall–Kier alpha value is -2.69. The number of carbonyl (C=O) groups excluding carboxylic acids is 2. The number of aryl methyl sites for hydroxylation is 1. The third kappa shape index (κ3) is 9.21. The fourth-order valence-corrected chi connectivity index (χ4v) is 3.12. The maximum Gasteiger partial charge on any atom is 0.356 e. The minimum absolute atomic E-state index is 0.125. The highest BCUT2D eigenvalue weighted by molar-refractivity contribution is 5.91. The van der Waals surface area contributed by atoms with E-state index in [0.29, 0.717) is 13.2 Å². The van der Waals surface area contributed by atoms with Crippen LogP contribution in [0.3, 0.4) is 0 Å². The molecule has 0 saturated heterocycles. The molecule has 2 aromatic rings. The fourth-order valence-electron chi connectivity index (χ4n) is 3.12. The summed E-state index contributed by atoms with van der Waals surface area (Å²) in [7, 11) is 0. The highest BCUT2D eigenvalue weighted by atomic mass is 16.5. The second-order valence-corrected chi connectivity index (χ2v) is 7.39. The molecule has 0 N–H and O–H groups in total. The Kier molecular flexibility index (Phi) is 11.3. The van der Waals surface area contributed by atoms with Crippen molar-refractivity contribution in [3.63, 3.8) is 0 Å². The summed E-state index contributed by atoms with van der Waals surface area (Å²) in [6.45, 7) is 2.89. The zero-order valence-electron chi connectivity index (χ0n) is 18.0. The monoisotopic (exact) mass is 411 g/mol. The smallest absolute Gasteiger partial charge is 0.356 e. The van der Waals surface area contributed by atoms with Gasteiger partial charge in [-0.05, 0) is 37.0 Å². The molecule has 0 fully saturated rings. The second-order valence-electron chi connectivity index (χ2n) is 7.39. The van der Waals surface area contributed by atoms with Crippen LogP contribution in [-0.2, 0) is 15.9 Å². The molecule has 0 spiro atoms. The number of unbranched alkanes of at least 4 members (excludes halogenated alkanes) is 6. The molecule has 1 aromatic heterocycles. The molecule has 2 rings (SSSR count). The first-order chi connectivity index (χ1) is 14.7. The van der Waals surface area contributed by atoms with Gasteiger partial charge in [-0.25, -0.2) is 14.6 Å². The quantitative estimate of drug-likeness (QED) is 0.291. The molecule has 0 aliphatic heterocycles. The molecular formula is C25H33NO4. The van der Waals surface area contributed by atoms with Gasteiger partial charge >= 0.3 is 11.9 Å². The van der Waals surface area contributed by atoms with Gasteiger partial charge in [0.2, 0.25) is 0 Å². The van der Waals surface area contributed by atoms with E-state index >= 15 is 0 Å². The molecule has 1 aromatic carbocycles. The fraction of sp³-hybridized carbons (Fsp3) is 0.480. The van der Waals surface area contributed by atoms with Crippen LogP contribution in [0.2, 0.25) is 0 Å². The Labute approximate surface area is 179 Å². The first kappa shape index (κ1) is 23.6. The van der Waals surface area contributed by atoms with Crippen molar-refractivity contribution >= 4 is 11.9 Å². The molecule has 0 unspecified atom stereocenters. The predicted octanol–water partition coefficient (Wildman–Crippen LogP) is 5.78. The van der Waals surface area contributed by atoms with E-state index in [4.69, 9.17) is 9.47 Å². The minimum Gasteiger partial charge on any atom is -0.461 e. The zero-order valence-corrected chi connectivity index (χ0v) is 18.0. The number of esters is 2. The van der Waals surface area contributed by atoms with E-state index < -0.39 is 11.9 Å². The summed E-state index contributed by atoms with van der Waals surface area (Å²) in [4.78, 5) is 28.5. The van der Waals surface area contributed by atoms with Gasteiger partial charge in [-0.15, -0.1) is 0 Å². The first-order valence-electron chi connectivity index (χ1n) is 11.1. The van der Waals surface area contributed by atoms with Crippen molar-refractivity contribution in [1.82, 2.24) is 4.98 Å². The van der Waals surface area contributed by atoms with E-state index in [0.717, 1.165) is 25.7 Å². The molecule has 0 bridgehead atoms. The van der Waals surface area contributed by atoms with E-state index in [1.807, 2.05) is 30.3 Å². The predicted molar refractivity (Wildman–Crippen MR) is 118 cm³/mol. The maximum atomic E-state index is 12.2. The van der Waals surface area contributed by atoms with Crippen molar-refractivity contribution in [2.45, 2.75) is 64.7 Å². The molecule has 0 saturated carbocycles. The molecule has 0 amide bonds. The number of nitrogens with zero attached hydrogens (tertiary/aromatic N) is 1.